The second kappa shape index (κ2) is 8.36. The highest BCUT2D eigenvalue weighted by Crippen LogP contribution is 2.30. The first-order valence-corrected chi connectivity index (χ1v) is 11.6. The SMILES string of the molecule is C[C@H]1CN(C(=O)c2cccc(Br)c2)C(=Nc2cccc(S(=O)(=O)N(C)C)c2)S1. The van der Waals surface area contributed by atoms with Crippen molar-refractivity contribution < 1.29 is 13.2 Å². The zero-order valence-electron chi connectivity index (χ0n) is 15.7. The van der Waals surface area contributed by atoms with Crippen molar-refractivity contribution in [3.8, 4) is 0 Å². The predicted molar refractivity (Wildman–Crippen MR) is 117 cm³/mol. The van der Waals surface area contributed by atoms with Crippen LogP contribution in [0.25, 0.3) is 0 Å². The normalized spacial score (nSPS) is 18.8. The van der Waals surface area contributed by atoms with Crippen molar-refractivity contribution in [3.63, 3.8) is 0 Å². The van der Waals surface area contributed by atoms with Gasteiger partial charge in [0.1, 0.15) is 0 Å². The molecule has 148 valence electrons. The van der Waals surface area contributed by atoms with Gasteiger partial charge in [0, 0.05) is 35.9 Å². The number of carbonyl (C=O) groups is 1. The van der Waals surface area contributed by atoms with Crippen molar-refractivity contribution in [2.24, 2.45) is 4.99 Å². The molecule has 9 heteroatoms. The Bertz CT molecular complexity index is 1040. The summed E-state index contributed by atoms with van der Waals surface area (Å²) in [6, 6.07) is 13.7. The fourth-order valence-electron chi connectivity index (χ4n) is 2.68. The molecule has 1 aliphatic heterocycles. The third-order valence-electron chi connectivity index (χ3n) is 4.11. The van der Waals surface area contributed by atoms with Crippen molar-refractivity contribution in [2.45, 2.75) is 17.1 Å². The van der Waals surface area contributed by atoms with Crippen LogP contribution in [0, 0.1) is 0 Å². The maximum absolute atomic E-state index is 13.0. The molecule has 0 saturated carbocycles. The van der Waals surface area contributed by atoms with Crippen LogP contribution in [-0.2, 0) is 10.0 Å². The number of carbonyl (C=O) groups excluding carboxylic acids is 1. The quantitative estimate of drug-likeness (QED) is 0.662. The van der Waals surface area contributed by atoms with Crippen molar-refractivity contribution in [1.29, 1.82) is 0 Å². The van der Waals surface area contributed by atoms with E-state index in [0.29, 0.717) is 23.0 Å². The van der Waals surface area contributed by atoms with E-state index in [0.717, 1.165) is 8.78 Å². The van der Waals surface area contributed by atoms with Crippen molar-refractivity contribution >= 4 is 54.5 Å². The standard InChI is InChI=1S/C19H20BrN3O3S2/c1-13-12-23(18(24)14-6-4-7-15(20)10-14)19(27-13)21-16-8-5-9-17(11-16)28(25,26)22(2)3/h4-11,13H,12H2,1-3H3/t13-/m0/s1. The minimum Gasteiger partial charge on any atom is -0.286 e. The summed E-state index contributed by atoms with van der Waals surface area (Å²) in [5, 5.41) is 0.764. The molecule has 1 aliphatic rings. The molecule has 0 radical (unpaired) electrons. The Morgan fingerprint density at radius 2 is 1.93 bits per heavy atom. The first-order valence-electron chi connectivity index (χ1n) is 8.54. The molecule has 1 fully saturated rings. The monoisotopic (exact) mass is 481 g/mol. The molecule has 0 aromatic heterocycles. The summed E-state index contributed by atoms with van der Waals surface area (Å²) in [5.74, 6) is -0.131. The molecular formula is C19H20BrN3O3S2. The van der Waals surface area contributed by atoms with Crippen LogP contribution >= 0.6 is 27.7 Å². The maximum atomic E-state index is 13.0. The highest BCUT2D eigenvalue weighted by Gasteiger charge is 2.31. The number of sulfonamides is 1. The second-order valence-corrected chi connectivity index (χ2v) is 11.0. The number of benzene rings is 2. The number of halogens is 1. The lowest BCUT2D eigenvalue weighted by atomic mass is 10.2. The van der Waals surface area contributed by atoms with Crippen LogP contribution in [0.5, 0.6) is 0 Å². The van der Waals surface area contributed by atoms with Crippen molar-refractivity contribution in [1.82, 2.24) is 9.21 Å². The van der Waals surface area contributed by atoms with Crippen molar-refractivity contribution in [3.05, 3.63) is 58.6 Å². The lowest BCUT2D eigenvalue weighted by Gasteiger charge is -2.16. The van der Waals surface area contributed by atoms with Gasteiger partial charge in [-0.3, -0.25) is 9.69 Å². The first-order chi connectivity index (χ1) is 13.2. The van der Waals surface area contributed by atoms with Gasteiger partial charge in [-0.2, -0.15) is 0 Å². The molecule has 1 amide bonds. The summed E-state index contributed by atoms with van der Waals surface area (Å²) >= 11 is 4.89. The number of rotatable bonds is 4. The van der Waals surface area contributed by atoms with E-state index in [2.05, 4.69) is 20.9 Å². The maximum Gasteiger partial charge on any atom is 0.259 e. The Kier molecular flexibility index (Phi) is 6.28. The minimum atomic E-state index is -3.55. The highest BCUT2D eigenvalue weighted by molar-refractivity contribution is 9.10. The van der Waals surface area contributed by atoms with Gasteiger partial charge >= 0.3 is 0 Å². The number of amides is 1. The van der Waals surface area contributed by atoms with Crippen LogP contribution in [0.3, 0.4) is 0 Å². The number of thioether (sulfide) groups is 1. The molecule has 0 spiro atoms. The zero-order valence-corrected chi connectivity index (χ0v) is 18.9. The summed E-state index contributed by atoms with van der Waals surface area (Å²) in [7, 11) is -0.576. The van der Waals surface area contributed by atoms with Gasteiger partial charge in [-0.15, -0.1) is 0 Å². The summed E-state index contributed by atoms with van der Waals surface area (Å²) in [6.07, 6.45) is 0. The molecule has 0 unspecified atom stereocenters. The third kappa shape index (κ3) is 4.48. The van der Waals surface area contributed by atoms with E-state index in [4.69, 9.17) is 0 Å². The summed E-state index contributed by atoms with van der Waals surface area (Å²) in [6.45, 7) is 2.58. The van der Waals surface area contributed by atoms with Gasteiger partial charge in [0.15, 0.2) is 5.17 Å². The Morgan fingerprint density at radius 3 is 2.61 bits per heavy atom. The zero-order chi connectivity index (χ0) is 20.5. The van der Waals surface area contributed by atoms with E-state index in [1.807, 2.05) is 19.1 Å². The number of hydrogen-bond acceptors (Lipinski definition) is 5. The van der Waals surface area contributed by atoms with E-state index >= 15 is 0 Å². The molecule has 1 heterocycles. The van der Waals surface area contributed by atoms with Crippen LogP contribution in [0.4, 0.5) is 5.69 Å². The number of hydrogen-bond donors (Lipinski definition) is 0. The predicted octanol–water partition coefficient (Wildman–Crippen LogP) is 3.96. The third-order valence-corrected chi connectivity index (χ3v) is 7.49. The number of amidine groups is 1. The van der Waals surface area contributed by atoms with Crippen molar-refractivity contribution in [2.75, 3.05) is 20.6 Å². The van der Waals surface area contributed by atoms with Gasteiger partial charge in [-0.05, 0) is 36.4 Å². The Labute approximate surface area is 177 Å². The Morgan fingerprint density at radius 1 is 1.21 bits per heavy atom. The summed E-state index contributed by atoms with van der Waals surface area (Å²) in [5.41, 5.74) is 1.06. The fourth-order valence-corrected chi connectivity index (χ4v) is 5.05. The molecule has 3 rings (SSSR count). The topological polar surface area (TPSA) is 70.0 Å². The van der Waals surface area contributed by atoms with E-state index < -0.39 is 10.0 Å². The lowest BCUT2D eigenvalue weighted by Crippen LogP contribution is -2.32. The van der Waals surface area contributed by atoms with Gasteiger partial charge in [-0.25, -0.2) is 17.7 Å². The molecule has 2 aromatic carbocycles. The van der Waals surface area contributed by atoms with Gasteiger partial charge in [0.2, 0.25) is 10.0 Å². The second-order valence-electron chi connectivity index (χ2n) is 6.53. The average molecular weight is 482 g/mol. The average Bonchev–Trinajstić information content (AvgIpc) is 3.01. The van der Waals surface area contributed by atoms with Crippen LogP contribution < -0.4 is 0 Å². The molecule has 6 nitrogen and oxygen atoms in total. The smallest absolute Gasteiger partial charge is 0.259 e. The van der Waals surface area contributed by atoms with Crippen LogP contribution in [0.15, 0.2) is 62.9 Å². The van der Waals surface area contributed by atoms with E-state index in [1.54, 1.807) is 29.2 Å². The van der Waals surface area contributed by atoms with Crippen LogP contribution in [0.2, 0.25) is 0 Å². The largest absolute Gasteiger partial charge is 0.286 e. The van der Waals surface area contributed by atoms with E-state index in [9.17, 15) is 13.2 Å². The molecule has 1 atom stereocenters. The van der Waals surface area contributed by atoms with E-state index in [1.165, 1.54) is 38.0 Å². The van der Waals surface area contributed by atoms with Gasteiger partial charge < -0.3 is 0 Å². The lowest BCUT2D eigenvalue weighted by molar-refractivity contribution is 0.0855. The molecule has 28 heavy (non-hydrogen) atoms. The molecule has 0 bridgehead atoms. The molecule has 1 saturated heterocycles. The first kappa shape index (κ1) is 21.0. The number of aliphatic imine (C=N–C) groups is 1. The molecule has 0 N–H and O–H groups in total. The Hall–Kier alpha value is -1.68. The van der Waals surface area contributed by atoms with Gasteiger partial charge in [0.05, 0.1) is 10.6 Å². The fraction of sp³-hybridized carbons (Fsp3) is 0.263. The molecular weight excluding hydrogens is 462 g/mol. The minimum absolute atomic E-state index is 0.131. The highest BCUT2D eigenvalue weighted by atomic mass is 79.9. The van der Waals surface area contributed by atoms with Gasteiger partial charge in [0.25, 0.3) is 5.91 Å². The van der Waals surface area contributed by atoms with Gasteiger partial charge in [-0.1, -0.05) is 46.7 Å². The molecule has 2 aromatic rings. The van der Waals surface area contributed by atoms with Crippen LogP contribution in [-0.4, -0.2) is 54.6 Å². The summed E-state index contributed by atoms with van der Waals surface area (Å²) < 4.78 is 26.7. The number of nitrogens with zero attached hydrogens (tertiary/aromatic N) is 3. The Balaban J connectivity index is 1.95. The van der Waals surface area contributed by atoms with E-state index in [-0.39, 0.29) is 16.1 Å². The van der Waals surface area contributed by atoms with Crippen LogP contribution in [0.1, 0.15) is 17.3 Å². The summed E-state index contributed by atoms with van der Waals surface area (Å²) in [4.78, 5) is 19.4. The molecule has 0 aliphatic carbocycles.